The lowest BCUT2D eigenvalue weighted by molar-refractivity contribution is -0.188. The molecule has 0 fully saturated rings. The lowest BCUT2D eigenvalue weighted by Crippen LogP contribution is -2.48. The molecule has 0 saturated heterocycles. The average molecular weight is 420 g/mol. The van der Waals surface area contributed by atoms with Gasteiger partial charge in [0.15, 0.2) is 0 Å². The van der Waals surface area contributed by atoms with Crippen LogP contribution in [0.25, 0.3) is 22.3 Å². The van der Waals surface area contributed by atoms with Crippen LogP contribution in [0.2, 0.25) is 0 Å². The van der Waals surface area contributed by atoms with E-state index in [9.17, 15) is 14.4 Å². The van der Waals surface area contributed by atoms with Crippen LogP contribution in [-0.2, 0) is 37.8 Å². The molecule has 4 heterocycles. The van der Waals surface area contributed by atoms with E-state index < -0.39 is 24.1 Å². The van der Waals surface area contributed by atoms with Crippen molar-refractivity contribution in [1.82, 2.24) is 9.55 Å². The first-order valence-electron chi connectivity index (χ1n) is 9.94. The molecule has 2 aromatic heterocycles. The predicted molar refractivity (Wildman–Crippen MR) is 112 cm³/mol. The maximum absolute atomic E-state index is 13.3. The quantitative estimate of drug-likeness (QED) is 0.372. The summed E-state index contributed by atoms with van der Waals surface area (Å²) in [5, 5.41) is 0.877. The van der Waals surface area contributed by atoms with Crippen LogP contribution in [0.1, 0.15) is 30.0 Å². The van der Waals surface area contributed by atoms with Crippen molar-refractivity contribution in [2.24, 2.45) is 5.73 Å². The zero-order valence-electron chi connectivity index (χ0n) is 16.8. The van der Waals surface area contributed by atoms with E-state index in [1.54, 1.807) is 23.6 Å². The van der Waals surface area contributed by atoms with Crippen LogP contribution in [0.3, 0.4) is 0 Å². The van der Waals surface area contributed by atoms with Gasteiger partial charge in [0.1, 0.15) is 6.61 Å². The number of hydrogen-bond donors (Lipinski definition) is 2. The third-order valence-electron chi connectivity index (χ3n) is 5.95. The van der Waals surface area contributed by atoms with Gasteiger partial charge in [-0.25, -0.2) is 9.78 Å². The van der Waals surface area contributed by atoms with Crippen LogP contribution in [0.15, 0.2) is 35.1 Å². The highest BCUT2D eigenvalue weighted by atomic mass is 16.6. The Morgan fingerprint density at radius 1 is 1.29 bits per heavy atom. The number of ether oxygens (including phenoxy) is 2. The summed E-state index contributed by atoms with van der Waals surface area (Å²) in [5.74, 6) is -1.47. The number of carbonyl (C=O) groups excluding carboxylic acids is 2. The molecule has 2 aliphatic rings. The van der Waals surface area contributed by atoms with Gasteiger partial charge in [0.05, 0.1) is 35.6 Å². The molecule has 2 aliphatic heterocycles. The Kier molecular flexibility index (Phi) is 4.13. The first-order chi connectivity index (χ1) is 14.9. The fourth-order valence-corrected chi connectivity index (χ4v) is 4.40. The second-order valence-corrected chi connectivity index (χ2v) is 7.70. The van der Waals surface area contributed by atoms with Crippen molar-refractivity contribution in [2.75, 3.05) is 12.3 Å². The molecular formula is C22H20N4O5. The molecule has 0 unspecified atom stereocenters. The number of benzene rings is 1. The number of carbonyl (C=O) groups is 2. The minimum atomic E-state index is -1.72. The molecule has 4 N–H and O–H groups in total. The van der Waals surface area contributed by atoms with E-state index in [4.69, 9.17) is 25.9 Å². The van der Waals surface area contributed by atoms with Gasteiger partial charge in [0.25, 0.3) is 5.56 Å². The van der Waals surface area contributed by atoms with Crippen LogP contribution in [0, 0.1) is 0 Å². The zero-order valence-corrected chi connectivity index (χ0v) is 16.8. The minimum absolute atomic E-state index is 0.102. The molecule has 31 heavy (non-hydrogen) atoms. The predicted octanol–water partition coefficient (Wildman–Crippen LogP) is 1.17. The normalized spacial score (nSPS) is 18.8. The molecule has 9 nitrogen and oxygen atoms in total. The molecule has 158 valence electrons. The van der Waals surface area contributed by atoms with E-state index in [-0.39, 0.29) is 24.2 Å². The first kappa shape index (κ1) is 19.3. The van der Waals surface area contributed by atoms with Gasteiger partial charge in [-0.1, -0.05) is 6.92 Å². The van der Waals surface area contributed by atoms with E-state index in [1.807, 2.05) is 18.2 Å². The number of rotatable bonds is 3. The van der Waals surface area contributed by atoms with E-state index >= 15 is 0 Å². The monoisotopic (exact) mass is 420 g/mol. The Morgan fingerprint density at radius 2 is 2.10 bits per heavy atom. The number of esters is 2. The van der Waals surface area contributed by atoms with Crippen molar-refractivity contribution in [3.8, 4) is 11.4 Å². The Hall–Kier alpha value is -3.72. The topological polar surface area (TPSA) is 140 Å². The number of nitrogens with two attached hydrogens (primary N) is 2. The highest BCUT2D eigenvalue weighted by Crippen LogP contribution is 2.40. The fraction of sp³-hybridized carbons (Fsp3) is 0.273. The van der Waals surface area contributed by atoms with Gasteiger partial charge in [-0.3, -0.25) is 9.59 Å². The Morgan fingerprint density at radius 3 is 2.84 bits per heavy atom. The summed E-state index contributed by atoms with van der Waals surface area (Å²) in [7, 11) is 0. The van der Waals surface area contributed by atoms with Crippen LogP contribution in [0.5, 0.6) is 0 Å². The lowest BCUT2D eigenvalue weighted by atomic mass is 9.85. The molecule has 0 radical (unpaired) electrons. The van der Waals surface area contributed by atoms with E-state index in [0.29, 0.717) is 29.2 Å². The average Bonchev–Trinajstić information content (AvgIpc) is 3.12. The largest absolute Gasteiger partial charge is 0.457 e. The molecule has 9 heteroatoms. The van der Waals surface area contributed by atoms with Gasteiger partial charge in [0.2, 0.25) is 5.60 Å². The van der Waals surface area contributed by atoms with Crippen molar-refractivity contribution in [1.29, 1.82) is 0 Å². The number of pyridine rings is 2. The fourth-order valence-electron chi connectivity index (χ4n) is 4.40. The number of cyclic esters (lactones) is 1. The molecular weight excluding hydrogens is 400 g/mol. The molecule has 3 aromatic rings. The number of anilines is 1. The van der Waals surface area contributed by atoms with Crippen LogP contribution in [-0.4, -0.2) is 28.0 Å². The number of aromatic nitrogens is 2. The van der Waals surface area contributed by atoms with Gasteiger partial charge >= 0.3 is 11.9 Å². The summed E-state index contributed by atoms with van der Waals surface area (Å²) < 4.78 is 12.3. The second kappa shape index (κ2) is 6.64. The Balaban J connectivity index is 1.76. The lowest BCUT2D eigenvalue weighted by Gasteiger charge is -2.35. The van der Waals surface area contributed by atoms with Crippen LogP contribution < -0.4 is 17.0 Å². The molecule has 0 saturated carbocycles. The molecule has 0 amide bonds. The van der Waals surface area contributed by atoms with Gasteiger partial charge in [0, 0.05) is 22.2 Å². The Bertz CT molecular complexity index is 1350. The van der Waals surface area contributed by atoms with Crippen molar-refractivity contribution >= 4 is 28.5 Å². The number of fused-ring (bicyclic) bond motifs is 5. The summed E-state index contributed by atoms with van der Waals surface area (Å²) >= 11 is 0. The Labute approximate surface area is 176 Å². The third-order valence-corrected chi connectivity index (χ3v) is 5.95. The third kappa shape index (κ3) is 2.66. The second-order valence-electron chi connectivity index (χ2n) is 7.70. The van der Waals surface area contributed by atoms with E-state index in [0.717, 1.165) is 16.5 Å². The van der Waals surface area contributed by atoms with Gasteiger partial charge in [-0.2, -0.15) is 0 Å². The molecule has 1 aromatic carbocycles. The van der Waals surface area contributed by atoms with Gasteiger partial charge < -0.3 is 25.5 Å². The molecule has 5 rings (SSSR count). The zero-order chi connectivity index (χ0) is 21.9. The summed E-state index contributed by atoms with van der Waals surface area (Å²) in [6.45, 7) is 1.45. The summed E-state index contributed by atoms with van der Waals surface area (Å²) in [6, 6.07) is 9.09. The first-order valence-corrected chi connectivity index (χ1v) is 9.94. The smallest absolute Gasteiger partial charge is 0.355 e. The molecule has 0 bridgehead atoms. The van der Waals surface area contributed by atoms with Crippen LogP contribution in [0.4, 0.5) is 5.69 Å². The number of nitrogens with zero attached hydrogens (tertiary/aromatic N) is 2. The number of nitrogen functional groups attached to an aromatic ring is 1. The minimum Gasteiger partial charge on any atom is -0.457 e. The van der Waals surface area contributed by atoms with E-state index in [1.165, 1.54) is 0 Å². The highest BCUT2D eigenvalue weighted by molar-refractivity contribution is 5.89. The van der Waals surface area contributed by atoms with Crippen LogP contribution >= 0.6 is 0 Å². The standard InChI is InChI=1S/C22H20N4O5/c1-2-22(31-18(27)8-23)15-7-17-19-12(5-11-6-13(24)3-4-16(11)25-19)9-26(17)20(28)14(15)10-30-21(22)29/h3-7H,2,8-10,23-24H2,1H3/t22-/m0/s1. The van der Waals surface area contributed by atoms with Crippen molar-refractivity contribution in [3.05, 3.63) is 57.4 Å². The van der Waals surface area contributed by atoms with Crippen molar-refractivity contribution in [3.63, 3.8) is 0 Å². The SMILES string of the molecule is CC[C@@]1(OC(=O)CN)C(=O)OCc2c1cc1n(c2=O)Cc2cc3cc(N)ccc3nc2-1. The molecule has 0 spiro atoms. The number of hydrogen-bond acceptors (Lipinski definition) is 8. The summed E-state index contributed by atoms with van der Waals surface area (Å²) in [5.41, 5.74) is 13.3. The summed E-state index contributed by atoms with van der Waals surface area (Å²) in [6.07, 6.45) is 0.102. The molecule has 0 aliphatic carbocycles. The summed E-state index contributed by atoms with van der Waals surface area (Å²) in [4.78, 5) is 42.9. The maximum atomic E-state index is 13.3. The van der Waals surface area contributed by atoms with Crippen molar-refractivity contribution < 1.29 is 19.1 Å². The van der Waals surface area contributed by atoms with Gasteiger partial charge in [-0.05, 0) is 36.8 Å². The van der Waals surface area contributed by atoms with Gasteiger partial charge in [-0.15, -0.1) is 0 Å². The van der Waals surface area contributed by atoms with E-state index in [2.05, 4.69) is 0 Å². The van der Waals surface area contributed by atoms with Crippen molar-refractivity contribution in [2.45, 2.75) is 32.1 Å². The molecule has 1 atom stereocenters. The maximum Gasteiger partial charge on any atom is 0.355 e. The highest BCUT2D eigenvalue weighted by Gasteiger charge is 2.50.